The molecule has 1 aliphatic heterocycles. The minimum Gasteiger partial charge on any atom is -0.490 e. The molecule has 1 fully saturated rings. The van der Waals surface area contributed by atoms with Gasteiger partial charge in [-0.3, -0.25) is 9.59 Å². The molecule has 0 unspecified atom stereocenters. The van der Waals surface area contributed by atoms with Gasteiger partial charge in [0.05, 0.1) is 24.1 Å². The molecule has 2 amide bonds. The predicted octanol–water partition coefficient (Wildman–Crippen LogP) is 3.01. The Hall–Kier alpha value is -3.68. The number of piperazine rings is 1. The number of carbonyl (C=O) groups is 2. The first-order chi connectivity index (χ1) is 15.1. The number of halogens is 1. The van der Waals surface area contributed by atoms with Crippen molar-refractivity contribution in [3.63, 3.8) is 0 Å². The van der Waals surface area contributed by atoms with Crippen LogP contribution in [0.15, 0.2) is 60.8 Å². The molecule has 1 aromatic heterocycles. The highest BCUT2D eigenvalue weighted by molar-refractivity contribution is 5.96. The third-order valence-corrected chi connectivity index (χ3v) is 5.16. The summed E-state index contributed by atoms with van der Waals surface area (Å²) in [5.74, 6) is -0.746. The largest absolute Gasteiger partial charge is 0.490 e. The summed E-state index contributed by atoms with van der Waals surface area (Å²) in [5.41, 5.74) is 1.10. The van der Waals surface area contributed by atoms with Crippen LogP contribution in [-0.4, -0.2) is 64.2 Å². The van der Waals surface area contributed by atoms with Crippen molar-refractivity contribution in [3.05, 3.63) is 77.9 Å². The minimum absolute atomic E-state index is 0.0440. The Balaban J connectivity index is 1.48. The number of aromatic nitrogens is 2. The number of carbonyl (C=O) groups excluding carboxylic acids is 2. The van der Waals surface area contributed by atoms with Crippen LogP contribution >= 0.6 is 0 Å². The molecule has 0 radical (unpaired) electrons. The SMILES string of the molecule is CCOc1cn(-c2ccccc2)nc1C(=O)N1CCN(C(=O)c2ccccc2F)CC1. The van der Waals surface area contributed by atoms with Crippen molar-refractivity contribution >= 4 is 11.8 Å². The van der Waals surface area contributed by atoms with Crippen molar-refractivity contribution < 1.29 is 18.7 Å². The average Bonchev–Trinajstić information content (AvgIpc) is 3.23. The van der Waals surface area contributed by atoms with Gasteiger partial charge in [-0.1, -0.05) is 30.3 Å². The van der Waals surface area contributed by atoms with Crippen LogP contribution in [0.25, 0.3) is 5.69 Å². The van der Waals surface area contributed by atoms with Crippen LogP contribution in [0.5, 0.6) is 5.75 Å². The molecule has 0 N–H and O–H groups in total. The molecule has 3 aromatic rings. The second-order valence-electron chi connectivity index (χ2n) is 7.12. The van der Waals surface area contributed by atoms with Crippen LogP contribution in [0, 0.1) is 5.82 Å². The number of rotatable bonds is 5. The monoisotopic (exact) mass is 422 g/mol. The van der Waals surface area contributed by atoms with Crippen molar-refractivity contribution in [2.24, 2.45) is 0 Å². The summed E-state index contributed by atoms with van der Waals surface area (Å²) in [6, 6.07) is 15.4. The van der Waals surface area contributed by atoms with E-state index in [0.717, 1.165) is 5.69 Å². The first-order valence-corrected chi connectivity index (χ1v) is 10.2. The number of amides is 2. The summed E-state index contributed by atoms with van der Waals surface area (Å²) >= 11 is 0. The molecule has 8 heteroatoms. The number of hydrogen-bond acceptors (Lipinski definition) is 4. The Morgan fingerprint density at radius 2 is 1.55 bits per heavy atom. The van der Waals surface area contributed by atoms with Crippen molar-refractivity contribution in [1.82, 2.24) is 19.6 Å². The molecule has 1 aliphatic rings. The Morgan fingerprint density at radius 1 is 0.935 bits per heavy atom. The Labute approximate surface area is 179 Å². The fourth-order valence-electron chi connectivity index (χ4n) is 3.55. The van der Waals surface area contributed by atoms with Crippen LogP contribution in [0.4, 0.5) is 4.39 Å². The van der Waals surface area contributed by atoms with E-state index in [1.165, 1.54) is 12.1 Å². The summed E-state index contributed by atoms with van der Waals surface area (Å²) in [4.78, 5) is 29.0. The van der Waals surface area contributed by atoms with Crippen LogP contribution in [0.3, 0.4) is 0 Å². The Bertz CT molecular complexity index is 1080. The number of ether oxygens (including phenoxy) is 1. The second kappa shape index (κ2) is 8.99. The molecule has 7 nitrogen and oxygen atoms in total. The summed E-state index contributed by atoms with van der Waals surface area (Å²) < 4.78 is 21.2. The molecular weight excluding hydrogens is 399 g/mol. The van der Waals surface area contributed by atoms with Gasteiger partial charge in [0.15, 0.2) is 11.4 Å². The number of para-hydroxylation sites is 1. The molecular formula is C23H23FN4O3. The first kappa shape index (κ1) is 20.6. The van der Waals surface area contributed by atoms with Gasteiger partial charge in [-0.05, 0) is 31.2 Å². The van der Waals surface area contributed by atoms with Crippen LogP contribution in [0.2, 0.25) is 0 Å². The van der Waals surface area contributed by atoms with E-state index < -0.39 is 5.82 Å². The van der Waals surface area contributed by atoms with E-state index in [0.29, 0.717) is 38.5 Å². The molecule has 160 valence electrons. The summed E-state index contributed by atoms with van der Waals surface area (Å²) in [6.45, 7) is 3.57. The summed E-state index contributed by atoms with van der Waals surface area (Å²) in [5, 5.41) is 4.46. The molecule has 1 saturated heterocycles. The van der Waals surface area contributed by atoms with Gasteiger partial charge >= 0.3 is 0 Å². The standard InChI is InChI=1S/C23H23FN4O3/c1-2-31-20-16-28(17-8-4-3-5-9-17)25-21(20)23(30)27-14-12-26(13-15-27)22(29)18-10-6-7-11-19(18)24/h3-11,16H,2,12-15H2,1H3. The van der Waals surface area contributed by atoms with Gasteiger partial charge in [-0.25, -0.2) is 9.07 Å². The maximum Gasteiger partial charge on any atom is 0.278 e. The third-order valence-electron chi connectivity index (χ3n) is 5.16. The molecule has 4 rings (SSSR count). The zero-order valence-corrected chi connectivity index (χ0v) is 17.2. The van der Waals surface area contributed by atoms with E-state index in [2.05, 4.69) is 5.10 Å². The first-order valence-electron chi connectivity index (χ1n) is 10.2. The van der Waals surface area contributed by atoms with E-state index in [1.54, 1.807) is 32.8 Å². The lowest BCUT2D eigenvalue weighted by Crippen LogP contribution is -2.50. The molecule has 2 aromatic carbocycles. The quantitative estimate of drug-likeness (QED) is 0.634. The van der Waals surface area contributed by atoms with Gasteiger partial charge < -0.3 is 14.5 Å². The summed E-state index contributed by atoms with van der Waals surface area (Å²) in [6.07, 6.45) is 1.70. The van der Waals surface area contributed by atoms with Crippen LogP contribution in [0.1, 0.15) is 27.8 Å². The number of benzene rings is 2. The molecule has 31 heavy (non-hydrogen) atoms. The van der Waals surface area contributed by atoms with Crippen molar-refractivity contribution in [1.29, 1.82) is 0 Å². The molecule has 0 saturated carbocycles. The predicted molar refractivity (Wildman–Crippen MR) is 113 cm³/mol. The summed E-state index contributed by atoms with van der Waals surface area (Å²) in [7, 11) is 0. The lowest BCUT2D eigenvalue weighted by Gasteiger charge is -2.34. The maximum absolute atomic E-state index is 13.9. The van der Waals surface area contributed by atoms with Crippen molar-refractivity contribution in [2.45, 2.75) is 6.92 Å². The normalized spacial score (nSPS) is 13.9. The van der Waals surface area contributed by atoms with Crippen LogP contribution < -0.4 is 4.74 Å². The molecule has 0 bridgehead atoms. The van der Waals surface area contributed by atoms with Gasteiger partial charge in [0.2, 0.25) is 0 Å². The van der Waals surface area contributed by atoms with E-state index in [-0.39, 0.29) is 23.1 Å². The zero-order chi connectivity index (χ0) is 21.8. The topological polar surface area (TPSA) is 67.7 Å². The Morgan fingerprint density at radius 3 is 2.19 bits per heavy atom. The highest BCUT2D eigenvalue weighted by atomic mass is 19.1. The van der Waals surface area contributed by atoms with Gasteiger partial charge in [0, 0.05) is 26.2 Å². The third kappa shape index (κ3) is 4.28. The highest BCUT2D eigenvalue weighted by Crippen LogP contribution is 2.22. The minimum atomic E-state index is -0.543. The second-order valence-corrected chi connectivity index (χ2v) is 7.12. The van der Waals surface area contributed by atoms with Gasteiger partial charge in [0.1, 0.15) is 5.82 Å². The van der Waals surface area contributed by atoms with Gasteiger partial charge in [0.25, 0.3) is 11.8 Å². The lowest BCUT2D eigenvalue weighted by molar-refractivity contribution is 0.0527. The number of nitrogens with zero attached hydrogens (tertiary/aromatic N) is 4. The van der Waals surface area contributed by atoms with E-state index in [9.17, 15) is 14.0 Å². The average molecular weight is 422 g/mol. The fraction of sp³-hybridized carbons (Fsp3) is 0.261. The van der Waals surface area contributed by atoms with Crippen LogP contribution in [-0.2, 0) is 0 Å². The smallest absolute Gasteiger partial charge is 0.278 e. The molecule has 0 aliphatic carbocycles. The number of hydrogen-bond donors (Lipinski definition) is 0. The van der Waals surface area contributed by atoms with Gasteiger partial charge in [-0.2, -0.15) is 5.10 Å². The fourth-order valence-corrected chi connectivity index (χ4v) is 3.55. The van der Waals surface area contributed by atoms with E-state index >= 15 is 0 Å². The van der Waals surface area contributed by atoms with Crippen molar-refractivity contribution in [2.75, 3.05) is 32.8 Å². The molecule has 2 heterocycles. The van der Waals surface area contributed by atoms with E-state index in [4.69, 9.17) is 4.74 Å². The maximum atomic E-state index is 13.9. The zero-order valence-electron chi connectivity index (χ0n) is 17.2. The van der Waals surface area contributed by atoms with Crippen molar-refractivity contribution in [3.8, 4) is 11.4 Å². The Kier molecular flexibility index (Phi) is 5.97. The lowest BCUT2D eigenvalue weighted by atomic mass is 10.1. The highest BCUT2D eigenvalue weighted by Gasteiger charge is 2.29. The van der Waals surface area contributed by atoms with E-state index in [1.807, 2.05) is 37.3 Å². The molecule has 0 spiro atoms. The molecule has 0 atom stereocenters. The van der Waals surface area contributed by atoms with Gasteiger partial charge in [-0.15, -0.1) is 0 Å².